The van der Waals surface area contributed by atoms with Gasteiger partial charge in [-0.3, -0.25) is 14.6 Å². The molecule has 0 radical (unpaired) electrons. The van der Waals surface area contributed by atoms with Crippen LogP contribution in [-0.4, -0.2) is 39.1 Å². The average molecular weight is 481 g/mol. The highest BCUT2D eigenvalue weighted by Crippen LogP contribution is 2.25. The summed E-state index contributed by atoms with van der Waals surface area (Å²) >= 11 is 0. The van der Waals surface area contributed by atoms with Crippen LogP contribution in [0.1, 0.15) is 22.3 Å². The minimum atomic E-state index is -1.29. The topological polar surface area (TPSA) is 129 Å². The molecule has 0 saturated heterocycles. The molecule has 2 N–H and O–H groups in total. The van der Waals surface area contributed by atoms with Crippen LogP contribution < -0.4 is 15.7 Å². The van der Waals surface area contributed by atoms with Crippen molar-refractivity contribution in [2.24, 2.45) is 0 Å². The molecule has 0 unspecified atom stereocenters. The predicted octanol–water partition coefficient (Wildman–Crippen LogP) is 1.96. The number of carbonyl (C=O) groups is 3. The number of hydrogen-bond donors (Lipinski definition) is 2. The van der Waals surface area contributed by atoms with Crippen molar-refractivity contribution in [3.8, 4) is 16.9 Å². The number of aromatic nitrogens is 3. The lowest BCUT2D eigenvalue weighted by molar-refractivity contribution is -0.305. The summed E-state index contributed by atoms with van der Waals surface area (Å²) in [7, 11) is 0. The third-order valence-corrected chi connectivity index (χ3v) is 5.14. The van der Waals surface area contributed by atoms with E-state index in [1.807, 2.05) is 36.4 Å². The van der Waals surface area contributed by atoms with Gasteiger partial charge in [0.1, 0.15) is 11.4 Å². The van der Waals surface area contributed by atoms with Gasteiger partial charge in [-0.1, -0.05) is 36.4 Å². The van der Waals surface area contributed by atoms with Crippen molar-refractivity contribution >= 4 is 23.9 Å². The molecule has 9 heteroatoms. The number of aliphatic carboxylic acids is 1. The highest BCUT2D eigenvalue weighted by molar-refractivity contribution is 6.05. The number of nitrogens with one attached hydrogen (secondary N) is 2. The summed E-state index contributed by atoms with van der Waals surface area (Å²) in [4.78, 5) is 40.8. The molecular formula is C27H22N5O4-. The molecule has 0 spiro atoms. The molecule has 0 bridgehead atoms. The van der Waals surface area contributed by atoms with Gasteiger partial charge in [-0.2, -0.15) is 5.10 Å². The van der Waals surface area contributed by atoms with E-state index >= 15 is 0 Å². The van der Waals surface area contributed by atoms with E-state index in [0.29, 0.717) is 22.4 Å². The molecule has 0 aliphatic heterocycles. The van der Waals surface area contributed by atoms with Crippen molar-refractivity contribution in [2.45, 2.75) is 6.42 Å². The molecule has 4 aromatic rings. The van der Waals surface area contributed by atoms with E-state index in [4.69, 9.17) is 0 Å². The molecule has 180 valence electrons. The van der Waals surface area contributed by atoms with Gasteiger partial charge < -0.3 is 20.5 Å². The van der Waals surface area contributed by atoms with E-state index < -0.39 is 17.8 Å². The number of rotatable bonds is 9. The highest BCUT2D eigenvalue weighted by Gasteiger charge is 2.18. The molecule has 0 aliphatic rings. The molecule has 2 aromatic carbocycles. The SMILES string of the molecule is O=C([O-])CCNC(=O)/C(=C\c1cn(-c2ccccc2)nc1-c1cccnc1)NC(=O)c1ccccc1. The van der Waals surface area contributed by atoms with Crippen LogP contribution in [0.15, 0.2) is 97.1 Å². The van der Waals surface area contributed by atoms with Gasteiger partial charge in [-0.15, -0.1) is 0 Å². The first-order chi connectivity index (χ1) is 17.5. The number of pyridine rings is 1. The summed E-state index contributed by atoms with van der Waals surface area (Å²) in [5, 5.41) is 20.6. The zero-order valence-electron chi connectivity index (χ0n) is 19.1. The summed E-state index contributed by atoms with van der Waals surface area (Å²) in [6.07, 6.45) is 6.17. The van der Waals surface area contributed by atoms with Gasteiger partial charge in [0.25, 0.3) is 11.8 Å². The second-order valence-corrected chi connectivity index (χ2v) is 7.71. The highest BCUT2D eigenvalue weighted by atomic mass is 16.4. The van der Waals surface area contributed by atoms with Crippen molar-refractivity contribution in [1.29, 1.82) is 0 Å². The number of hydrogen-bond acceptors (Lipinski definition) is 6. The fourth-order valence-electron chi connectivity index (χ4n) is 3.40. The molecule has 0 fully saturated rings. The van der Waals surface area contributed by atoms with Gasteiger partial charge >= 0.3 is 0 Å². The lowest BCUT2D eigenvalue weighted by Gasteiger charge is -2.11. The maximum atomic E-state index is 13.0. The number of carboxylic acids is 1. The third-order valence-electron chi connectivity index (χ3n) is 5.14. The van der Waals surface area contributed by atoms with E-state index in [0.717, 1.165) is 5.69 Å². The molecular weight excluding hydrogens is 458 g/mol. The fourth-order valence-corrected chi connectivity index (χ4v) is 3.40. The summed E-state index contributed by atoms with van der Waals surface area (Å²) < 4.78 is 1.67. The predicted molar refractivity (Wildman–Crippen MR) is 131 cm³/mol. The van der Waals surface area contributed by atoms with E-state index in [1.165, 1.54) is 6.08 Å². The zero-order valence-corrected chi connectivity index (χ0v) is 19.1. The van der Waals surface area contributed by atoms with Crippen molar-refractivity contribution in [2.75, 3.05) is 6.54 Å². The van der Waals surface area contributed by atoms with Gasteiger partial charge in [0.15, 0.2) is 0 Å². The van der Waals surface area contributed by atoms with Gasteiger partial charge in [0.05, 0.1) is 5.69 Å². The minimum absolute atomic E-state index is 0.0695. The van der Waals surface area contributed by atoms with Gasteiger partial charge in [-0.25, -0.2) is 4.68 Å². The molecule has 2 heterocycles. The Kier molecular flexibility index (Phi) is 7.62. The summed E-state index contributed by atoms with van der Waals surface area (Å²) in [5.41, 5.74) is 2.89. The Labute approximate surface area is 207 Å². The normalized spacial score (nSPS) is 11.1. The first kappa shape index (κ1) is 24.1. The molecule has 0 saturated carbocycles. The molecule has 36 heavy (non-hydrogen) atoms. The maximum absolute atomic E-state index is 13.0. The average Bonchev–Trinajstić information content (AvgIpc) is 3.33. The Bertz CT molecular complexity index is 1380. The summed E-state index contributed by atoms with van der Waals surface area (Å²) in [5.74, 6) is -2.43. The lowest BCUT2D eigenvalue weighted by Crippen LogP contribution is -2.37. The molecule has 0 atom stereocenters. The molecule has 4 rings (SSSR count). The van der Waals surface area contributed by atoms with E-state index in [9.17, 15) is 19.5 Å². The van der Waals surface area contributed by atoms with Crippen molar-refractivity contribution in [3.63, 3.8) is 0 Å². The van der Waals surface area contributed by atoms with Crippen LogP contribution >= 0.6 is 0 Å². The van der Waals surface area contributed by atoms with Crippen LogP contribution in [0.5, 0.6) is 0 Å². The number of carboxylic acid groups (broad SMARTS) is 1. The Morgan fingerprint density at radius 2 is 1.67 bits per heavy atom. The number of nitrogens with zero attached hydrogens (tertiary/aromatic N) is 3. The van der Waals surface area contributed by atoms with Crippen molar-refractivity contribution < 1.29 is 19.5 Å². The van der Waals surface area contributed by atoms with Crippen LogP contribution in [-0.2, 0) is 9.59 Å². The van der Waals surface area contributed by atoms with Crippen LogP contribution in [0.2, 0.25) is 0 Å². The van der Waals surface area contributed by atoms with E-state index in [1.54, 1.807) is 59.7 Å². The number of benzene rings is 2. The van der Waals surface area contributed by atoms with Gasteiger partial charge in [0, 0.05) is 54.2 Å². The first-order valence-electron chi connectivity index (χ1n) is 11.1. The van der Waals surface area contributed by atoms with E-state index in [-0.39, 0.29) is 18.7 Å². The second-order valence-electron chi connectivity index (χ2n) is 7.71. The Balaban J connectivity index is 1.75. The zero-order chi connectivity index (χ0) is 25.3. The summed E-state index contributed by atoms with van der Waals surface area (Å²) in [6, 6.07) is 21.5. The lowest BCUT2D eigenvalue weighted by atomic mass is 10.1. The molecule has 2 amide bonds. The third kappa shape index (κ3) is 6.09. The monoisotopic (exact) mass is 480 g/mol. The van der Waals surface area contributed by atoms with Gasteiger partial charge in [0.2, 0.25) is 0 Å². The fraction of sp³-hybridized carbons (Fsp3) is 0.0741. The Morgan fingerprint density at radius 3 is 2.33 bits per heavy atom. The Hall–Kier alpha value is -5.05. The van der Waals surface area contributed by atoms with Crippen LogP contribution in [0.25, 0.3) is 23.0 Å². The van der Waals surface area contributed by atoms with Crippen LogP contribution in [0.3, 0.4) is 0 Å². The standard InChI is InChI=1S/C27H23N5O4/c33-24(34)13-15-29-27(36)23(30-26(35)19-8-3-1-4-9-19)16-21-18-32(22-11-5-2-6-12-22)31-25(21)20-10-7-14-28-17-20/h1-12,14,16-18H,13,15H2,(H,29,36)(H,30,35)(H,33,34)/p-1/b23-16+. The molecule has 9 nitrogen and oxygen atoms in total. The van der Waals surface area contributed by atoms with Gasteiger partial charge in [-0.05, 0) is 42.5 Å². The van der Waals surface area contributed by atoms with E-state index in [2.05, 4.69) is 20.7 Å². The first-order valence-corrected chi connectivity index (χ1v) is 11.1. The van der Waals surface area contributed by atoms with Crippen LogP contribution in [0, 0.1) is 0 Å². The van der Waals surface area contributed by atoms with Crippen molar-refractivity contribution in [1.82, 2.24) is 25.4 Å². The minimum Gasteiger partial charge on any atom is -0.550 e. The second kappa shape index (κ2) is 11.4. The number of para-hydroxylation sites is 1. The molecule has 2 aromatic heterocycles. The maximum Gasteiger partial charge on any atom is 0.267 e. The largest absolute Gasteiger partial charge is 0.550 e. The quantitative estimate of drug-likeness (QED) is 0.353. The smallest absolute Gasteiger partial charge is 0.267 e. The number of amides is 2. The van der Waals surface area contributed by atoms with Crippen LogP contribution in [0.4, 0.5) is 0 Å². The molecule has 0 aliphatic carbocycles. The summed E-state index contributed by atoms with van der Waals surface area (Å²) in [6.45, 7) is -0.154. The number of carbonyl (C=O) groups excluding carboxylic acids is 3. The van der Waals surface area contributed by atoms with Crippen molar-refractivity contribution in [3.05, 3.63) is 108 Å². The Morgan fingerprint density at radius 1 is 0.944 bits per heavy atom.